The topological polar surface area (TPSA) is 52.3 Å². The van der Waals surface area contributed by atoms with Gasteiger partial charge in [-0.05, 0) is 12.1 Å². The quantitative estimate of drug-likeness (QED) is 0.684. The summed E-state index contributed by atoms with van der Waals surface area (Å²) in [6.45, 7) is 0. The predicted molar refractivity (Wildman–Crippen MR) is 78.7 cm³/mol. The van der Waals surface area contributed by atoms with E-state index in [1.165, 1.54) is 7.11 Å². The maximum atomic E-state index is 11.4. The molecule has 2 aromatic carbocycles. The largest absolute Gasteiger partial charge is 0.465 e. The number of benzene rings is 2. The smallest absolute Gasteiger partial charge is 0.337 e. The predicted octanol–water partition coefficient (Wildman–Crippen LogP) is 3.80. The van der Waals surface area contributed by atoms with Gasteiger partial charge in [-0.2, -0.15) is 0 Å². The molecule has 3 rings (SSSR count). The van der Waals surface area contributed by atoms with Crippen LogP contribution in [0, 0.1) is 0 Å². The van der Waals surface area contributed by atoms with E-state index in [9.17, 15) is 4.79 Å². The van der Waals surface area contributed by atoms with Crippen LogP contribution in [0.4, 0.5) is 0 Å². The van der Waals surface area contributed by atoms with Crippen molar-refractivity contribution < 1.29 is 14.1 Å². The minimum absolute atomic E-state index is 0.355. The summed E-state index contributed by atoms with van der Waals surface area (Å²) in [5.74, 6) is 0.356. The van der Waals surface area contributed by atoms with Crippen LogP contribution >= 0.6 is 0 Å². The lowest BCUT2D eigenvalue weighted by atomic mass is 10.1. The Morgan fingerprint density at radius 2 is 1.71 bits per heavy atom. The molecule has 104 valence electrons. The van der Waals surface area contributed by atoms with Gasteiger partial charge in [-0.25, -0.2) is 4.79 Å². The first-order valence-corrected chi connectivity index (χ1v) is 6.49. The Kier molecular flexibility index (Phi) is 3.51. The fraction of sp³-hybridized carbons (Fsp3) is 0.0588. The van der Waals surface area contributed by atoms with Crippen LogP contribution in [0.25, 0.3) is 22.6 Å². The van der Waals surface area contributed by atoms with Crippen molar-refractivity contribution in [1.29, 1.82) is 0 Å². The summed E-state index contributed by atoms with van der Waals surface area (Å²) in [5.41, 5.74) is 3.09. The van der Waals surface area contributed by atoms with Crippen molar-refractivity contribution >= 4 is 5.97 Å². The Labute approximate surface area is 122 Å². The summed E-state index contributed by atoms with van der Waals surface area (Å²) in [6, 6.07) is 18.7. The summed E-state index contributed by atoms with van der Waals surface area (Å²) in [4.78, 5) is 11.4. The Morgan fingerprint density at radius 1 is 1.00 bits per heavy atom. The van der Waals surface area contributed by atoms with Gasteiger partial charge in [-0.15, -0.1) is 0 Å². The molecule has 0 amide bonds. The molecule has 21 heavy (non-hydrogen) atoms. The highest BCUT2D eigenvalue weighted by atomic mass is 16.5. The van der Waals surface area contributed by atoms with Crippen LogP contribution in [-0.4, -0.2) is 18.2 Å². The van der Waals surface area contributed by atoms with Crippen molar-refractivity contribution in [3.63, 3.8) is 0 Å². The zero-order valence-electron chi connectivity index (χ0n) is 11.4. The number of ether oxygens (including phenoxy) is 1. The highest BCUT2D eigenvalue weighted by Crippen LogP contribution is 2.26. The van der Waals surface area contributed by atoms with Crippen molar-refractivity contribution in [3.8, 4) is 22.6 Å². The minimum Gasteiger partial charge on any atom is -0.465 e. The van der Waals surface area contributed by atoms with Crippen LogP contribution < -0.4 is 0 Å². The second kappa shape index (κ2) is 5.63. The second-order valence-electron chi connectivity index (χ2n) is 4.51. The molecule has 0 saturated heterocycles. The van der Waals surface area contributed by atoms with Gasteiger partial charge in [0.1, 0.15) is 5.69 Å². The minimum atomic E-state index is -0.355. The van der Waals surface area contributed by atoms with E-state index in [0.717, 1.165) is 16.8 Å². The Hall–Kier alpha value is -2.88. The molecule has 0 N–H and O–H groups in total. The van der Waals surface area contributed by atoms with Crippen LogP contribution in [0.3, 0.4) is 0 Å². The number of carbonyl (C=O) groups is 1. The van der Waals surface area contributed by atoms with Crippen molar-refractivity contribution in [2.75, 3.05) is 7.11 Å². The Bertz CT molecular complexity index is 745. The molecule has 4 heteroatoms. The number of nitrogens with zero attached hydrogens (tertiary/aromatic N) is 1. The standard InChI is InChI=1S/C17H13NO3/c1-20-17(19)14-9-7-12(8-10-14)15-11-16(21-18-15)13-5-3-2-4-6-13/h2-11H,1H3. The molecule has 1 aromatic heterocycles. The molecule has 0 atom stereocenters. The van der Waals surface area contributed by atoms with Crippen molar-refractivity contribution in [1.82, 2.24) is 5.16 Å². The molecule has 1 heterocycles. The maximum absolute atomic E-state index is 11.4. The van der Waals surface area contributed by atoms with Crippen LogP contribution in [0.15, 0.2) is 65.2 Å². The fourth-order valence-electron chi connectivity index (χ4n) is 2.04. The average Bonchev–Trinajstić information content (AvgIpc) is 3.05. The van der Waals surface area contributed by atoms with Gasteiger partial charge in [-0.1, -0.05) is 47.6 Å². The van der Waals surface area contributed by atoms with Crippen LogP contribution in [-0.2, 0) is 4.74 Å². The van der Waals surface area contributed by atoms with Gasteiger partial charge in [0, 0.05) is 17.2 Å². The van der Waals surface area contributed by atoms with E-state index in [4.69, 9.17) is 4.52 Å². The molecule has 0 aliphatic heterocycles. The number of rotatable bonds is 3. The van der Waals surface area contributed by atoms with Gasteiger partial charge < -0.3 is 9.26 Å². The van der Waals surface area contributed by atoms with Gasteiger partial charge in [-0.3, -0.25) is 0 Å². The molecule has 0 bridgehead atoms. The number of carbonyl (C=O) groups excluding carboxylic acids is 1. The van der Waals surface area contributed by atoms with E-state index in [1.807, 2.05) is 48.5 Å². The lowest BCUT2D eigenvalue weighted by molar-refractivity contribution is 0.0601. The van der Waals surface area contributed by atoms with E-state index >= 15 is 0 Å². The molecule has 0 saturated carbocycles. The molecular formula is C17H13NO3. The van der Waals surface area contributed by atoms with Gasteiger partial charge >= 0.3 is 5.97 Å². The first-order valence-electron chi connectivity index (χ1n) is 6.49. The second-order valence-corrected chi connectivity index (χ2v) is 4.51. The summed E-state index contributed by atoms with van der Waals surface area (Å²) >= 11 is 0. The Balaban J connectivity index is 1.88. The molecule has 0 aliphatic rings. The van der Waals surface area contributed by atoms with E-state index in [0.29, 0.717) is 11.3 Å². The summed E-state index contributed by atoms with van der Waals surface area (Å²) < 4.78 is 10.0. The van der Waals surface area contributed by atoms with Crippen LogP contribution in [0.5, 0.6) is 0 Å². The third kappa shape index (κ3) is 2.69. The zero-order valence-corrected chi connectivity index (χ0v) is 11.4. The van der Waals surface area contributed by atoms with E-state index in [2.05, 4.69) is 9.89 Å². The molecular weight excluding hydrogens is 266 g/mol. The first kappa shape index (κ1) is 13.1. The number of aromatic nitrogens is 1. The van der Waals surface area contributed by atoms with Crippen molar-refractivity contribution in [3.05, 3.63) is 66.2 Å². The highest BCUT2D eigenvalue weighted by molar-refractivity contribution is 5.89. The molecule has 3 aromatic rings. The number of hydrogen-bond acceptors (Lipinski definition) is 4. The van der Waals surface area contributed by atoms with Crippen LogP contribution in [0.2, 0.25) is 0 Å². The highest BCUT2D eigenvalue weighted by Gasteiger charge is 2.10. The van der Waals surface area contributed by atoms with Gasteiger partial charge in [0.15, 0.2) is 5.76 Å². The molecule has 0 unspecified atom stereocenters. The average molecular weight is 279 g/mol. The number of esters is 1. The summed E-state index contributed by atoms with van der Waals surface area (Å²) in [5, 5.41) is 4.07. The van der Waals surface area contributed by atoms with Gasteiger partial charge in [0.05, 0.1) is 12.7 Å². The normalized spacial score (nSPS) is 10.3. The number of methoxy groups -OCH3 is 1. The lowest BCUT2D eigenvalue weighted by Gasteiger charge is -1.99. The molecule has 0 radical (unpaired) electrons. The summed E-state index contributed by atoms with van der Waals surface area (Å²) in [6.07, 6.45) is 0. The maximum Gasteiger partial charge on any atom is 0.337 e. The van der Waals surface area contributed by atoms with E-state index in [-0.39, 0.29) is 5.97 Å². The molecule has 0 spiro atoms. The fourth-order valence-corrected chi connectivity index (χ4v) is 2.04. The molecule has 4 nitrogen and oxygen atoms in total. The van der Waals surface area contributed by atoms with E-state index < -0.39 is 0 Å². The van der Waals surface area contributed by atoms with Crippen LogP contribution in [0.1, 0.15) is 10.4 Å². The number of hydrogen-bond donors (Lipinski definition) is 0. The summed E-state index contributed by atoms with van der Waals surface area (Å²) in [7, 11) is 1.36. The van der Waals surface area contributed by atoms with Gasteiger partial charge in [0.25, 0.3) is 0 Å². The molecule has 0 aliphatic carbocycles. The van der Waals surface area contributed by atoms with Crippen molar-refractivity contribution in [2.45, 2.75) is 0 Å². The van der Waals surface area contributed by atoms with Crippen molar-refractivity contribution in [2.24, 2.45) is 0 Å². The monoisotopic (exact) mass is 279 g/mol. The SMILES string of the molecule is COC(=O)c1ccc(-c2cc(-c3ccccc3)on2)cc1. The first-order chi connectivity index (χ1) is 10.3. The lowest BCUT2D eigenvalue weighted by Crippen LogP contribution is -2.00. The van der Waals surface area contributed by atoms with Gasteiger partial charge in [0.2, 0.25) is 0 Å². The zero-order chi connectivity index (χ0) is 14.7. The molecule has 0 fully saturated rings. The Morgan fingerprint density at radius 3 is 2.38 bits per heavy atom. The third-order valence-electron chi connectivity index (χ3n) is 3.17. The van der Waals surface area contributed by atoms with E-state index in [1.54, 1.807) is 12.1 Å². The third-order valence-corrected chi connectivity index (χ3v) is 3.17.